The Kier molecular flexibility index (Phi) is 2.38. The monoisotopic (exact) mass is 117 g/mol. The average molecular weight is 117 g/mol. The van der Waals surface area contributed by atoms with E-state index in [0.717, 1.165) is 6.08 Å². The summed E-state index contributed by atoms with van der Waals surface area (Å²) >= 11 is 0. The van der Waals surface area contributed by atoms with Gasteiger partial charge in [-0.05, 0) is 0 Å². The molecule has 0 radical (unpaired) electrons. The van der Waals surface area contributed by atoms with Gasteiger partial charge in [-0.3, -0.25) is 6.58 Å². The van der Waals surface area contributed by atoms with Crippen LogP contribution in [0.4, 0.5) is 8.78 Å². The van der Waals surface area contributed by atoms with Gasteiger partial charge in [0.05, 0.1) is 0 Å². The Morgan fingerprint density at radius 1 is 1.62 bits per heavy atom. The predicted molar refractivity (Wildman–Crippen MR) is 28.6 cm³/mol. The number of rotatable bonds is 3. The molecular weight excluding hydrogens is 110 g/mol. The fraction of sp³-hybridized carbons (Fsp3) is 0.333. The van der Waals surface area contributed by atoms with Gasteiger partial charge >= 0.3 is 0 Å². The van der Waals surface area contributed by atoms with E-state index in [1.165, 1.54) is 0 Å². The lowest BCUT2D eigenvalue weighted by Crippen LogP contribution is -2.09. The summed E-state index contributed by atoms with van der Waals surface area (Å²) in [6.07, 6.45) is 2.35. The van der Waals surface area contributed by atoms with E-state index in [1.807, 2.05) is 0 Å². The standard InChI is InChI=1S/C6H7F2/c1-3-5-6(7,8)4-2/h3H,1-2,5H2/q-1. The normalized spacial score (nSPS) is 10.8. The van der Waals surface area contributed by atoms with Crippen LogP contribution < -0.4 is 0 Å². The van der Waals surface area contributed by atoms with Crippen LogP contribution in [0.3, 0.4) is 0 Å². The highest BCUT2D eigenvalue weighted by molar-refractivity contribution is 4.85. The summed E-state index contributed by atoms with van der Waals surface area (Å²) < 4.78 is 23.8. The van der Waals surface area contributed by atoms with E-state index >= 15 is 0 Å². The summed E-state index contributed by atoms with van der Waals surface area (Å²) in [6.45, 7) is 5.97. The molecule has 0 nitrogen and oxygen atoms in total. The van der Waals surface area contributed by atoms with Crippen molar-refractivity contribution in [3.8, 4) is 0 Å². The first-order valence-corrected chi connectivity index (χ1v) is 2.15. The first-order chi connectivity index (χ1) is 3.62. The van der Waals surface area contributed by atoms with Crippen molar-refractivity contribution in [2.24, 2.45) is 0 Å². The molecule has 0 atom stereocenters. The fourth-order valence-electron chi connectivity index (χ4n) is 0.253. The topological polar surface area (TPSA) is 0 Å². The maximum atomic E-state index is 11.9. The molecule has 2 heteroatoms. The van der Waals surface area contributed by atoms with E-state index in [2.05, 4.69) is 13.2 Å². The van der Waals surface area contributed by atoms with Gasteiger partial charge in [0.25, 0.3) is 0 Å². The third kappa shape index (κ3) is 2.50. The third-order valence-corrected chi connectivity index (χ3v) is 0.659. The number of halogens is 2. The Morgan fingerprint density at radius 3 is 2.25 bits per heavy atom. The Hall–Kier alpha value is -0.660. The minimum Gasteiger partial charge on any atom is -0.431 e. The van der Waals surface area contributed by atoms with Crippen LogP contribution in [0.5, 0.6) is 0 Å². The smallest absolute Gasteiger partial charge is 0.129 e. The summed E-state index contributed by atoms with van der Waals surface area (Å²) in [7, 11) is 0. The fourth-order valence-corrected chi connectivity index (χ4v) is 0.253. The molecule has 0 saturated carbocycles. The second-order valence-electron chi connectivity index (χ2n) is 1.37. The van der Waals surface area contributed by atoms with Gasteiger partial charge in [0.1, 0.15) is 5.92 Å². The van der Waals surface area contributed by atoms with Crippen molar-refractivity contribution in [1.82, 2.24) is 0 Å². The van der Waals surface area contributed by atoms with Gasteiger partial charge in [-0.15, -0.1) is 6.58 Å². The van der Waals surface area contributed by atoms with Gasteiger partial charge in [0.2, 0.25) is 0 Å². The van der Waals surface area contributed by atoms with Crippen molar-refractivity contribution in [2.75, 3.05) is 0 Å². The maximum Gasteiger partial charge on any atom is 0.129 e. The Labute approximate surface area is 47.5 Å². The molecule has 0 aliphatic carbocycles. The molecule has 0 N–H and O–H groups in total. The molecular formula is C6H7F2-. The lowest BCUT2D eigenvalue weighted by atomic mass is 10.2. The molecule has 0 aromatic rings. The quantitative estimate of drug-likeness (QED) is 0.392. The van der Waals surface area contributed by atoms with Gasteiger partial charge in [-0.2, -0.15) is 0 Å². The van der Waals surface area contributed by atoms with Crippen LogP contribution in [-0.4, -0.2) is 5.92 Å². The predicted octanol–water partition coefficient (Wildman–Crippen LogP) is 2.19. The molecule has 0 aromatic carbocycles. The summed E-state index contributed by atoms with van der Waals surface area (Å²) in [5.41, 5.74) is 0. The molecule has 0 bridgehead atoms. The Morgan fingerprint density at radius 2 is 2.12 bits per heavy atom. The van der Waals surface area contributed by atoms with E-state index in [0.29, 0.717) is 0 Å². The van der Waals surface area contributed by atoms with Gasteiger partial charge in [-0.1, -0.05) is 6.08 Å². The van der Waals surface area contributed by atoms with Crippen LogP contribution in [0.1, 0.15) is 6.42 Å². The van der Waals surface area contributed by atoms with Crippen molar-refractivity contribution in [2.45, 2.75) is 12.3 Å². The van der Waals surface area contributed by atoms with E-state index in [1.54, 1.807) is 6.08 Å². The molecule has 0 heterocycles. The third-order valence-electron chi connectivity index (χ3n) is 0.659. The first kappa shape index (κ1) is 7.34. The van der Waals surface area contributed by atoms with Crippen molar-refractivity contribution in [3.05, 3.63) is 25.3 Å². The van der Waals surface area contributed by atoms with E-state index in [9.17, 15) is 8.78 Å². The zero-order valence-corrected chi connectivity index (χ0v) is 4.45. The lowest BCUT2D eigenvalue weighted by molar-refractivity contribution is 0.0508. The van der Waals surface area contributed by atoms with Crippen LogP contribution in [-0.2, 0) is 0 Å². The van der Waals surface area contributed by atoms with Gasteiger partial charge in [-0.25, -0.2) is 8.78 Å². The largest absolute Gasteiger partial charge is 0.431 e. The number of alkyl halides is 2. The summed E-state index contributed by atoms with van der Waals surface area (Å²) in [6, 6.07) is 0. The number of allylic oxidation sites excluding steroid dienone is 2. The SMILES string of the molecule is C=[C-]C(F)(F)CC=C. The van der Waals surface area contributed by atoms with E-state index < -0.39 is 5.92 Å². The molecule has 0 aromatic heterocycles. The lowest BCUT2D eigenvalue weighted by Gasteiger charge is -2.18. The highest BCUT2D eigenvalue weighted by Crippen LogP contribution is 2.17. The first-order valence-electron chi connectivity index (χ1n) is 2.15. The highest BCUT2D eigenvalue weighted by Gasteiger charge is 2.08. The molecule has 46 valence electrons. The highest BCUT2D eigenvalue weighted by atomic mass is 19.3. The number of hydrogen-bond donors (Lipinski definition) is 0. The minimum absolute atomic E-state index is 0.378. The van der Waals surface area contributed by atoms with Crippen molar-refractivity contribution >= 4 is 0 Å². The van der Waals surface area contributed by atoms with Crippen molar-refractivity contribution < 1.29 is 8.78 Å². The summed E-state index contributed by atoms with van der Waals surface area (Å²) in [4.78, 5) is 0. The maximum absolute atomic E-state index is 11.9. The minimum atomic E-state index is -2.89. The second kappa shape index (κ2) is 2.60. The molecule has 8 heavy (non-hydrogen) atoms. The van der Waals surface area contributed by atoms with Crippen LogP contribution in [0.25, 0.3) is 0 Å². The van der Waals surface area contributed by atoms with Gasteiger partial charge in [0.15, 0.2) is 0 Å². The molecule has 0 saturated heterocycles. The van der Waals surface area contributed by atoms with E-state index in [-0.39, 0.29) is 6.42 Å². The molecule has 0 fully saturated rings. The van der Waals surface area contributed by atoms with Crippen LogP contribution in [0.15, 0.2) is 19.2 Å². The Bertz CT molecular complexity index is 94.7. The molecule has 0 aliphatic heterocycles. The zero-order chi connectivity index (χ0) is 6.62. The molecule has 0 amide bonds. The molecule has 0 rings (SSSR count). The summed E-state index contributed by atoms with van der Waals surface area (Å²) in [5, 5.41) is 0. The number of hydrogen-bond acceptors (Lipinski definition) is 0. The van der Waals surface area contributed by atoms with Crippen LogP contribution in [0.2, 0.25) is 0 Å². The van der Waals surface area contributed by atoms with Crippen LogP contribution in [0, 0.1) is 6.08 Å². The van der Waals surface area contributed by atoms with Gasteiger partial charge in [0, 0.05) is 6.42 Å². The van der Waals surface area contributed by atoms with Gasteiger partial charge < -0.3 is 6.08 Å². The molecule has 0 spiro atoms. The molecule has 0 unspecified atom stereocenters. The zero-order valence-electron chi connectivity index (χ0n) is 4.45. The van der Waals surface area contributed by atoms with Crippen LogP contribution >= 0.6 is 0 Å². The Balaban J connectivity index is 3.70. The van der Waals surface area contributed by atoms with E-state index in [4.69, 9.17) is 0 Å². The van der Waals surface area contributed by atoms with Crippen molar-refractivity contribution in [3.63, 3.8) is 0 Å². The average Bonchev–Trinajstić information content (AvgIpc) is 1.67. The summed E-state index contributed by atoms with van der Waals surface area (Å²) in [5.74, 6) is -2.89. The second-order valence-corrected chi connectivity index (χ2v) is 1.37. The van der Waals surface area contributed by atoms with Crippen molar-refractivity contribution in [1.29, 1.82) is 0 Å². The molecule has 0 aliphatic rings.